The van der Waals surface area contributed by atoms with Crippen molar-refractivity contribution in [1.82, 2.24) is 9.97 Å². The molecule has 0 saturated carbocycles. The fraction of sp³-hybridized carbons (Fsp3) is 0. The van der Waals surface area contributed by atoms with E-state index in [9.17, 15) is 0 Å². The van der Waals surface area contributed by atoms with Gasteiger partial charge in [0.25, 0.3) is 0 Å². The first-order valence-electron chi connectivity index (χ1n) is 20.9. The van der Waals surface area contributed by atoms with Gasteiger partial charge in [0.1, 0.15) is 0 Å². The second-order valence-electron chi connectivity index (χ2n) is 15.7. The second kappa shape index (κ2) is 15.2. The molecule has 3 heterocycles. The van der Waals surface area contributed by atoms with Gasteiger partial charge in [0.2, 0.25) is 0 Å². The molecule has 12 rings (SSSR count). The molecule has 290 valence electrons. The third kappa shape index (κ3) is 6.49. The molecule has 9 aromatic carbocycles. The Balaban J connectivity index is 1.04. The fourth-order valence-electron chi connectivity index (χ4n) is 8.84. The van der Waals surface area contributed by atoms with Crippen molar-refractivity contribution in [1.29, 1.82) is 0 Å². The minimum absolute atomic E-state index is 0.697. The Kier molecular flexibility index (Phi) is 8.91. The zero-order chi connectivity index (χ0) is 41.0. The van der Waals surface area contributed by atoms with Gasteiger partial charge in [-0.25, -0.2) is 9.97 Å². The van der Waals surface area contributed by atoms with Gasteiger partial charge in [-0.05, 0) is 87.0 Å². The van der Waals surface area contributed by atoms with Crippen LogP contribution < -0.4 is 0 Å². The lowest BCUT2D eigenvalue weighted by Gasteiger charge is -2.14. The van der Waals surface area contributed by atoms with E-state index in [2.05, 4.69) is 212 Å². The van der Waals surface area contributed by atoms with Crippen molar-refractivity contribution >= 4 is 63.0 Å². The van der Waals surface area contributed by atoms with Crippen LogP contribution in [0, 0.1) is 0 Å². The van der Waals surface area contributed by atoms with Gasteiger partial charge in [-0.3, -0.25) is 0 Å². The molecular weight excluding hydrogens is 789 g/mol. The molecule has 0 radical (unpaired) electrons. The Morgan fingerprint density at radius 1 is 0.258 bits per heavy atom. The number of hydrogen-bond donors (Lipinski definition) is 0. The highest BCUT2D eigenvalue weighted by molar-refractivity contribution is 7.26. The molecule has 0 bridgehead atoms. The number of rotatable bonds is 7. The molecule has 0 aliphatic rings. The van der Waals surface area contributed by atoms with Crippen LogP contribution in [0.1, 0.15) is 0 Å². The van der Waals surface area contributed by atoms with Crippen molar-refractivity contribution in [2.45, 2.75) is 0 Å². The maximum absolute atomic E-state index is 5.36. The first kappa shape index (κ1) is 36.4. The van der Waals surface area contributed by atoms with E-state index in [4.69, 9.17) is 9.97 Å². The largest absolute Gasteiger partial charge is 0.228 e. The van der Waals surface area contributed by atoms with Crippen molar-refractivity contribution in [3.63, 3.8) is 0 Å². The standard InChI is InChI=1S/C58H36N2S2/c1-3-14-37(15-4-1)41-18-11-19-42(32-41)38-28-30-39(31-29-38)52-36-53(60-58(59-52)40-16-5-2-6-17-40)45-34-43(46-22-12-24-50-48-20-7-9-26-54(48)61-56(46)50)33-44(35-45)47-23-13-25-51-49-21-8-10-27-55(49)62-57(47)51/h1-36H. The number of fused-ring (bicyclic) bond motifs is 6. The molecule has 0 saturated heterocycles. The van der Waals surface area contributed by atoms with E-state index >= 15 is 0 Å². The maximum atomic E-state index is 5.36. The summed E-state index contributed by atoms with van der Waals surface area (Å²) in [7, 11) is 0. The normalized spacial score (nSPS) is 11.5. The predicted octanol–water partition coefficient (Wildman–Crippen LogP) is 16.9. The summed E-state index contributed by atoms with van der Waals surface area (Å²) in [5.74, 6) is 0.697. The molecule has 4 heteroatoms. The summed E-state index contributed by atoms with van der Waals surface area (Å²) >= 11 is 3.73. The average molecular weight is 825 g/mol. The Labute approximate surface area is 367 Å². The average Bonchev–Trinajstić information content (AvgIpc) is 3.93. The molecule has 0 unspecified atom stereocenters. The Bertz CT molecular complexity index is 3490. The summed E-state index contributed by atoms with van der Waals surface area (Å²) in [5, 5.41) is 5.16. The third-order valence-electron chi connectivity index (χ3n) is 11.9. The van der Waals surface area contributed by atoms with Crippen LogP contribution >= 0.6 is 22.7 Å². The van der Waals surface area contributed by atoms with Crippen molar-refractivity contribution < 1.29 is 0 Å². The Hall–Kier alpha value is -7.50. The van der Waals surface area contributed by atoms with Crippen LogP contribution in [-0.2, 0) is 0 Å². The van der Waals surface area contributed by atoms with E-state index in [-0.39, 0.29) is 0 Å². The third-order valence-corrected chi connectivity index (χ3v) is 14.3. The number of benzene rings is 9. The molecule has 0 amide bonds. The molecule has 62 heavy (non-hydrogen) atoms. The van der Waals surface area contributed by atoms with Crippen molar-refractivity contribution in [3.05, 3.63) is 218 Å². The monoisotopic (exact) mass is 824 g/mol. The van der Waals surface area contributed by atoms with E-state index in [0.29, 0.717) is 5.82 Å². The molecule has 0 aliphatic carbocycles. The molecule has 2 nitrogen and oxygen atoms in total. The van der Waals surface area contributed by atoms with Crippen LogP contribution in [0.4, 0.5) is 0 Å². The number of hydrogen-bond acceptors (Lipinski definition) is 4. The molecule has 12 aromatic rings. The first-order valence-corrected chi connectivity index (χ1v) is 22.5. The van der Waals surface area contributed by atoms with Crippen LogP contribution in [-0.4, -0.2) is 9.97 Å². The quantitative estimate of drug-likeness (QED) is 0.160. The van der Waals surface area contributed by atoms with Crippen LogP contribution in [0.3, 0.4) is 0 Å². The lowest BCUT2D eigenvalue weighted by Crippen LogP contribution is -1.96. The molecule has 0 fully saturated rings. The lowest BCUT2D eigenvalue weighted by atomic mass is 9.93. The minimum atomic E-state index is 0.697. The van der Waals surface area contributed by atoms with Gasteiger partial charge in [-0.15, -0.1) is 22.7 Å². The summed E-state index contributed by atoms with van der Waals surface area (Å²) in [6, 6.07) is 78.6. The molecule has 0 spiro atoms. The summed E-state index contributed by atoms with van der Waals surface area (Å²) < 4.78 is 5.17. The van der Waals surface area contributed by atoms with Crippen molar-refractivity contribution in [2.24, 2.45) is 0 Å². The summed E-state index contributed by atoms with van der Waals surface area (Å²) in [5.41, 5.74) is 14.3. The van der Waals surface area contributed by atoms with Crippen LogP contribution in [0.25, 0.3) is 119 Å². The maximum Gasteiger partial charge on any atom is 0.160 e. The highest BCUT2D eigenvalue weighted by Gasteiger charge is 2.18. The minimum Gasteiger partial charge on any atom is -0.228 e. The van der Waals surface area contributed by atoms with Gasteiger partial charge in [0.15, 0.2) is 5.82 Å². The van der Waals surface area contributed by atoms with Crippen molar-refractivity contribution in [3.8, 4) is 78.4 Å². The van der Waals surface area contributed by atoms with Gasteiger partial charge in [-0.2, -0.15) is 0 Å². The topological polar surface area (TPSA) is 25.8 Å². The predicted molar refractivity (Wildman–Crippen MR) is 266 cm³/mol. The summed E-state index contributed by atoms with van der Waals surface area (Å²) in [6.45, 7) is 0. The number of nitrogens with zero attached hydrogens (tertiary/aromatic N) is 2. The zero-order valence-corrected chi connectivity index (χ0v) is 35.1. The van der Waals surface area contributed by atoms with Crippen molar-refractivity contribution in [2.75, 3.05) is 0 Å². The van der Waals surface area contributed by atoms with E-state index in [1.807, 2.05) is 28.7 Å². The zero-order valence-electron chi connectivity index (χ0n) is 33.5. The molecular formula is C58H36N2S2. The van der Waals surface area contributed by atoms with Gasteiger partial charge in [0.05, 0.1) is 11.4 Å². The lowest BCUT2D eigenvalue weighted by molar-refractivity contribution is 1.18. The summed E-state index contributed by atoms with van der Waals surface area (Å²) in [4.78, 5) is 10.6. The molecule has 0 aliphatic heterocycles. The number of thiophene rings is 2. The highest BCUT2D eigenvalue weighted by atomic mass is 32.1. The van der Waals surface area contributed by atoms with Crippen LogP contribution in [0.5, 0.6) is 0 Å². The van der Waals surface area contributed by atoms with Gasteiger partial charge >= 0.3 is 0 Å². The van der Waals surface area contributed by atoms with E-state index in [1.54, 1.807) is 0 Å². The summed E-state index contributed by atoms with van der Waals surface area (Å²) in [6.07, 6.45) is 0. The van der Waals surface area contributed by atoms with Gasteiger partial charge in [0, 0.05) is 57.0 Å². The van der Waals surface area contributed by atoms with Crippen LogP contribution in [0.15, 0.2) is 218 Å². The first-order chi connectivity index (χ1) is 30.7. The van der Waals surface area contributed by atoms with Gasteiger partial charge in [-0.1, -0.05) is 176 Å². The SMILES string of the molecule is c1ccc(-c2cccc(-c3ccc(-c4cc(-c5cc(-c6cccc7c6sc6ccccc67)cc(-c6cccc7c6sc6ccccc67)c5)nc(-c5ccccc5)n4)cc3)c2)cc1. The second-order valence-corrected chi connectivity index (χ2v) is 17.8. The molecule has 0 N–H and O–H groups in total. The van der Waals surface area contributed by atoms with Crippen LogP contribution in [0.2, 0.25) is 0 Å². The highest BCUT2D eigenvalue weighted by Crippen LogP contribution is 2.45. The molecule has 0 atom stereocenters. The van der Waals surface area contributed by atoms with E-state index in [1.165, 1.54) is 68.2 Å². The van der Waals surface area contributed by atoms with E-state index in [0.717, 1.165) is 44.8 Å². The van der Waals surface area contributed by atoms with E-state index < -0.39 is 0 Å². The number of aromatic nitrogens is 2. The van der Waals surface area contributed by atoms with Gasteiger partial charge < -0.3 is 0 Å². The smallest absolute Gasteiger partial charge is 0.160 e. The Morgan fingerprint density at radius 3 is 1.24 bits per heavy atom. The Morgan fingerprint density at radius 2 is 0.661 bits per heavy atom. The molecule has 3 aromatic heterocycles. The fourth-order valence-corrected chi connectivity index (χ4v) is 11.3.